The molecule has 0 heterocycles. The summed E-state index contributed by atoms with van der Waals surface area (Å²) in [5, 5.41) is 0. The van der Waals surface area contributed by atoms with E-state index in [0.717, 1.165) is 29.4 Å². The molecular weight excluding hydrogens is 280 g/mol. The molecule has 1 aromatic carbocycles. The van der Waals surface area contributed by atoms with Gasteiger partial charge in [-0.2, -0.15) is 0 Å². The molecule has 0 radical (unpaired) electrons. The topological polar surface area (TPSA) is 9.23 Å². The molecule has 23 heavy (non-hydrogen) atoms. The van der Waals surface area contributed by atoms with Gasteiger partial charge in [-0.15, -0.1) is 0 Å². The van der Waals surface area contributed by atoms with E-state index in [9.17, 15) is 0 Å². The smallest absolute Gasteiger partial charge is 0.119 e. The van der Waals surface area contributed by atoms with Crippen LogP contribution in [0.3, 0.4) is 0 Å². The Balaban J connectivity index is 1.85. The van der Waals surface area contributed by atoms with Crippen LogP contribution in [-0.4, -0.2) is 7.11 Å². The van der Waals surface area contributed by atoms with E-state index in [4.69, 9.17) is 4.74 Å². The fourth-order valence-electron chi connectivity index (χ4n) is 5.47. The van der Waals surface area contributed by atoms with E-state index >= 15 is 0 Å². The molecule has 0 amide bonds. The number of ether oxygens (including phenoxy) is 1. The van der Waals surface area contributed by atoms with E-state index in [1.807, 2.05) is 0 Å². The van der Waals surface area contributed by atoms with E-state index < -0.39 is 0 Å². The van der Waals surface area contributed by atoms with Gasteiger partial charge < -0.3 is 4.74 Å². The van der Waals surface area contributed by atoms with Gasteiger partial charge in [-0.3, -0.25) is 0 Å². The molecule has 4 unspecified atom stereocenters. The molecule has 4 rings (SSSR count). The molecule has 0 saturated heterocycles. The molecule has 1 heteroatoms. The quantitative estimate of drug-likeness (QED) is 0.690. The summed E-state index contributed by atoms with van der Waals surface area (Å²) in [6.45, 7) is 9.55. The third kappa shape index (κ3) is 1.98. The van der Waals surface area contributed by atoms with Gasteiger partial charge in [0.15, 0.2) is 0 Å². The van der Waals surface area contributed by atoms with Gasteiger partial charge in [0.25, 0.3) is 0 Å². The standard InChI is InChI=1S/C22H28O/c1-6-16-13(2)9-14-10-19-17-8-7-15(23-5)11-20(17)22(3,4)21(19)12-18(14)16/h7-8,10-14,16,18H,6,9H2,1-5H3. The average Bonchev–Trinajstić information content (AvgIpc) is 2.96. The van der Waals surface area contributed by atoms with Crippen LogP contribution in [0.4, 0.5) is 0 Å². The Morgan fingerprint density at radius 1 is 1.22 bits per heavy atom. The minimum absolute atomic E-state index is 0.0881. The molecule has 3 aliphatic rings. The van der Waals surface area contributed by atoms with E-state index in [0.29, 0.717) is 0 Å². The summed E-state index contributed by atoms with van der Waals surface area (Å²) in [7, 11) is 1.76. The lowest BCUT2D eigenvalue weighted by Gasteiger charge is -2.30. The van der Waals surface area contributed by atoms with Crippen LogP contribution in [-0.2, 0) is 5.41 Å². The lowest BCUT2D eigenvalue weighted by Crippen LogP contribution is -2.22. The van der Waals surface area contributed by atoms with Crippen LogP contribution in [0.15, 0.2) is 35.9 Å². The van der Waals surface area contributed by atoms with Crippen LogP contribution in [0.25, 0.3) is 5.57 Å². The number of allylic oxidation sites excluding steroid dienone is 4. The summed E-state index contributed by atoms with van der Waals surface area (Å²) < 4.78 is 5.47. The van der Waals surface area contributed by atoms with Crippen molar-refractivity contribution in [3.8, 4) is 5.75 Å². The second-order valence-corrected chi connectivity index (χ2v) is 8.22. The van der Waals surface area contributed by atoms with Crippen molar-refractivity contribution < 1.29 is 4.74 Å². The summed E-state index contributed by atoms with van der Waals surface area (Å²) in [4.78, 5) is 0. The van der Waals surface area contributed by atoms with Crippen LogP contribution in [0.5, 0.6) is 5.75 Å². The number of rotatable bonds is 2. The van der Waals surface area contributed by atoms with Crippen molar-refractivity contribution in [1.82, 2.24) is 0 Å². The zero-order chi connectivity index (χ0) is 16.4. The number of fused-ring (bicyclic) bond motifs is 4. The molecule has 122 valence electrons. The van der Waals surface area contributed by atoms with Crippen LogP contribution in [0, 0.1) is 23.7 Å². The van der Waals surface area contributed by atoms with Crippen LogP contribution in [0.1, 0.15) is 51.7 Å². The van der Waals surface area contributed by atoms with Gasteiger partial charge in [0.1, 0.15) is 5.75 Å². The van der Waals surface area contributed by atoms with Crippen LogP contribution in [0.2, 0.25) is 0 Å². The fourth-order valence-corrected chi connectivity index (χ4v) is 5.47. The first-order valence-corrected chi connectivity index (χ1v) is 9.10. The largest absolute Gasteiger partial charge is 0.497 e. The van der Waals surface area contributed by atoms with Crippen LogP contribution < -0.4 is 4.74 Å². The summed E-state index contributed by atoms with van der Waals surface area (Å²) in [5.74, 6) is 4.14. The molecule has 1 nitrogen and oxygen atoms in total. The maximum absolute atomic E-state index is 5.47. The van der Waals surface area contributed by atoms with Gasteiger partial charge in [-0.25, -0.2) is 0 Å². The molecule has 0 aliphatic heterocycles. The van der Waals surface area contributed by atoms with Crippen molar-refractivity contribution in [3.63, 3.8) is 0 Å². The Labute approximate surface area is 140 Å². The first kappa shape index (κ1) is 15.1. The van der Waals surface area contributed by atoms with Gasteiger partial charge in [0.2, 0.25) is 0 Å². The van der Waals surface area contributed by atoms with E-state index in [-0.39, 0.29) is 5.41 Å². The number of hydrogen-bond acceptors (Lipinski definition) is 1. The van der Waals surface area contributed by atoms with E-state index in [2.05, 4.69) is 58.0 Å². The Hall–Kier alpha value is -1.50. The summed E-state index contributed by atoms with van der Waals surface area (Å²) in [5.41, 5.74) is 5.99. The zero-order valence-corrected chi connectivity index (χ0v) is 15.0. The highest BCUT2D eigenvalue weighted by Gasteiger charge is 2.46. The first-order valence-electron chi connectivity index (χ1n) is 9.10. The normalized spacial score (nSPS) is 33.4. The minimum atomic E-state index is 0.0881. The number of methoxy groups -OCH3 is 1. The molecule has 0 N–H and O–H groups in total. The van der Waals surface area contributed by atoms with Crippen molar-refractivity contribution in [2.45, 2.75) is 46.0 Å². The number of benzene rings is 1. The third-order valence-electron chi connectivity index (χ3n) is 6.73. The molecule has 3 aliphatic carbocycles. The Morgan fingerprint density at radius 3 is 2.70 bits per heavy atom. The molecule has 0 spiro atoms. The lowest BCUT2D eigenvalue weighted by molar-refractivity contribution is 0.347. The van der Waals surface area contributed by atoms with Gasteiger partial charge in [0, 0.05) is 5.41 Å². The van der Waals surface area contributed by atoms with Crippen molar-refractivity contribution in [2.24, 2.45) is 23.7 Å². The summed E-state index contributed by atoms with van der Waals surface area (Å²) >= 11 is 0. The maximum Gasteiger partial charge on any atom is 0.119 e. The lowest BCUT2D eigenvalue weighted by atomic mass is 9.74. The summed E-state index contributed by atoms with van der Waals surface area (Å²) in [6, 6.07) is 6.61. The maximum atomic E-state index is 5.47. The molecule has 1 fully saturated rings. The first-order chi connectivity index (χ1) is 11.0. The molecule has 0 bridgehead atoms. The molecular formula is C22H28O. The van der Waals surface area contributed by atoms with Gasteiger partial charge in [0.05, 0.1) is 7.11 Å². The molecule has 1 saturated carbocycles. The van der Waals surface area contributed by atoms with E-state index in [1.165, 1.54) is 29.5 Å². The van der Waals surface area contributed by atoms with E-state index in [1.54, 1.807) is 12.7 Å². The third-order valence-corrected chi connectivity index (χ3v) is 6.73. The van der Waals surface area contributed by atoms with Crippen molar-refractivity contribution in [3.05, 3.63) is 47.1 Å². The predicted octanol–water partition coefficient (Wildman–Crippen LogP) is 5.61. The highest BCUT2D eigenvalue weighted by Crippen LogP contribution is 2.57. The fraction of sp³-hybridized carbons (Fsp3) is 0.545. The Morgan fingerprint density at radius 2 is 2.00 bits per heavy atom. The minimum Gasteiger partial charge on any atom is -0.497 e. The summed E-state index contributed by atoms with van der Waals surface area (Å²) in [6.07, 6.45) is 7.90. The number of hydrogen-bond donors (Lipinski definition) is 0. The SMILES string of the molecule is CCC1C(C)CC2C=C3C(=CC21)C(C)(C)c1cc(OC)ccc13. The highest BCUT2D eigenvalue weighted by molar-refractivity contribution is 5.91. The second kappa shape index (κ2) is 5.00. The van der Waals surface area contributed by atoms with Gasteiger partial charge >= 0.3 is 0 Å². The Bertz CT molecular complexity index is 707. The molecule has 1 aromatic rings. The second-order valence-electron chi connectivity index (χ2n) is 8.22. The van der Waals surface area contributed by atoms with Crippen LogP contribution >= 0.6 is 0 Å². The van der Waals surface area contributed by atoms with Gasteiger partial charge in [-0.1, -0.05) is 52.3 Å². The van der Waals surface area contributed by atoms with Crippen molar-refractivity contribution in [2.75, 3.05) is 7.11 Å². The average molecular weight is 308 g/mol. The zero-order valence-electron chi connectivity index (χ0n) is 15.0. The highest BCUT2D eigenvalue weighted by atomic mass is 16.5. The monoisotopic (exact) mass is 308 g/mol. The van der Waals surface area contributed by atoms with Gasteiger partial charge in [-0.05, 0) is 64.5 Å². The van der Waals surface area contributed by atoms with Crippen molar-refractivity contribution >= 4 is 5.57 Å². The molecule has 0 aromatic heterocycles. The predicted molar refractivity (Wildman–Crippen MR) is 96.6 cm³/mol. The van der Waals surface area contributed by atoms with Crippen molar-refractivity contribution in [1.29, 1.82) is 0 Å². The Kier molecular flexibility index (Phi) is 3.27. The molecule has 4 atom stereocenters.